The number of thioether (sulfide) groups is 1. The average molecular weight is 251 g/mol. The van der Waals surface area contributed by atoms with Crippen LogP contribution in [0.25, 0.3) is 0 Å². The fourth-order valence-corrected chi connectivity index (χ4v) is 2.95. The van der Waals surface area contributed by atoms with Crippen LogP contribution in [-0.4, -0.2) is 23.4 Å². The maximum atomic E-state index is 11.0. The average Bonchev–Trinajstić information content (AvgIpc) is 2.35. The van der Waals surface area contributed by atoms with Gasteiger partial charge in [0, 0.05) is 22.9 Å². The maximum Gasteiger partial charge on any atom is 0.306 e. The molecule has 0 saturated heterocycles. The Morgan fingerprint density at radius 1 is 1.59 bits per heavy atom. The van der Waals surface area contributed by atoms with Crippen molar-refractivity contribution >= 4 is 23.4 Å². The molecule has 1 heterocycles. The van der Waals surface area contributed by atoms with E-state index in [0.717, 1.165) is 17.9 Å². The molecule has 0 aromatic heterocycles. The number of fused-ring (bicyclic) bond motifs is 1. The third kappa shape index (κ3) is 2.94. The second kappa shape index (κ2) is 5.45. The van der Waals surface area contributed by atoms with E-state index in [1.54, 1.807) is 0 Å². The second-order valence-corrected chi connectivity index (χ2v) is 5.39. The van der Waals surface area contributed by atoms with Crippen LogP contribution in [0.4, 0.5) is 5.69 Å². The zero-order valence-corrected chi connectivity index (χ0v) is 10.7. The zero-order chi connectivity index (χ0) is 12.3. The number of aliphatic carboxylic acids is 1. The van der Waals surface area contributed by atoms with Gasteiger partial charge in [0.1, 0.15) is 0 Å². The Morgan fingerprint density at radius 3 is 3.12 bits per heavy atom. The van der Waals surface area contributed by atoms with Gasteiger partial charge in [0.25, 0.3) is 0 Å². The number of rotatable bonds is 4. The smallest absolute Gasteiger partial charge is 0.306 e. The third-order valence-electron chi connectivity index (χ3n) is 3.05. The molecule has 2 rings (SSSR count). The molecular formula is C13H17NO2S. The molecule has 1 aliphatic heterocycles. The first-order valence-electron chi connectivity index (χ1n) is 5.93. The highest BCUT2D eigenvalue weighted by Crippen LogP contribution is 2.32. The number of benzene rings is 1. The van der Waals surface area contributed by atoms with Crippen LogP contribution in [0, 0.1) is 5.92 Å². The number of carboxylic acid groups (broad SMARTS) is 1. The summed E-state index contributed by atoms with van der Waals surface area (Å²) in [6.45, 7) is 2.93. The summed E-state index contributed by atoms with van der Waals surface area (Å²) in [6.07, 6.45) is 1.30. The third-order valence-corrected chi connectivity index (χ3v) is 4.10. The van der Waals surface area contributed by atoms with E-state index in [4.69, 9.17) is 5.11 Å². The highest BCUT2D eigenvalue weighted by Gasteiger charge is 2.17. The van der Waals surface area contributed by atoms with Crippen LogP contribution in [0.1, 0.15) is 18.9 Å². The molecule has 0 saturated carbocycles. The van der Waals surface area contributed by atoms with Gasteiger partial charge in [-0.3, -0.25) is 4.79 Å². The summed E-state index contributed by atoms with van der Waals surface area (Å²) in [5.74, 6) is 0.109. The molecule has 0 amide bonds. The fraction of sp³-hybridized carbons (Fsp3) is 0.462. The van der Waals surface area contributed by atoms with E-state index >= 15 is 0 Å². The van der Waals surface area contributed by atoms with Crippen molar-refractivity contribution in [2.45, 2.75) is 24.7 Å². The highest BCUT2D eigenvalue weighted by atomic mass is 32.2. The Hall–Kier alpha value is -1.16. The SMILES string of the molecule is CCC(Cc1ccc2c(c1)SCCN2)C(=O)O. The quantitative estimate of drug-likeness (QED) is 0.864. The molecule has 4 heteroatoms. The van der Waals surface area contributed by atoms with Gasteiger partial charge in [-0.15, -0.1) is 11.8 Å². The van der Waals surface area contributed by atoms with Gasteiger partial charge in [0.15, 0.2) is 0 Å². The summed E-state index contributed by atoms with van der Waals surface area (Å²) >= 11 is 1.84. The van der Waals surface area contributed by atoms with Gasteiger partial charge < -0.3 is 10.4 Å². The minimum atomic E-state index is -0.698. The summed E-state index contributed by atoms with van der Waals surface area (Å²) in [5.41, 5.74) is 2.29. The molecule has 0 bridgehead atoms. The lowest BCUT2D eigenvalue weighted by molar-refractivity contribution is -0.141. The van der Waals surface area contributed by atoms with Crippen molar-refractivity contribution in [1.29, 1.82) is 0 Å². The lowest BCUT2D eigenvalue weighted by Gasteiger charge is -2.19. The van der Waals surface area contributed by atoms with Crippen molar-refractivity contribution in [3.63, 3.8) is 0 Å². The number of carbonyl (C=O) groups is 1. The highest BCUT2D eigenvalue weighted by molar-refractivity contribution is 7.99. The van der Waals surface area contributed by atoms with E-state index in [9.17, 15) is 4.79 Å². The normalized spacial score (nSPS) is 15.8. The topological polar surface area (TPSA) is 49.3 Å². The van der Waals surface area contributed by atoms with Gasteiger partial charge in [0.05, 0.1) is 5.92 Å². The van der Waals surface area contributed by atoms with Crippen molar-refractivity contribution in [3.05, 3.63) is 23.8 Å². The summed E-state index contributed by atoms with van der Waals surface area (Å²) in [5, 5.41) is 12.4. The number of hydrogen-bond acceptors (Lipinski definition) is 3. The second-order valence-electron chi connectivity index (χ2n) is 4.25. The van der Waals surface area contributed by atoms with Crippen molar-refractivity contribution in [2.75, 3.05) is 17.6 Å². The molecule has 1 atom stereocenters. The summed E-state index contributed by atoms with van der Waals surface area (Å²) in [6, 6.07) is 6.21. The largest absolute Gasteiger partial charge is 0.481 e. The van der Waals surface area contributed by atoms with E-state index in [1.807, 2.05) is 24.8 Å². The number of anilines is 1. The predicted molar refractivity (Wildman–Crippen MR) is 70.8 cm³/mol. The van der Waals surface area contributed by atoms with Crippen molar-refractivity contribution in [1.82, 2.24) is 0 Å². The van der Waals surface area contributed by atoms with Gasteiger partial charge in [-0.2, -0.15) is 0 Å². The molecule has 0 fully saturated rings. The van der Waals surface area contributed by atoms with E-state index in [1.165, 1.54) is 10.6 Å². The molecular weight excluding hydrogens is 234 g/mol. The Balaban J connectivity index is 2.14. The predicted octanol–water partition coefficient (Wildman–Crippen LogP) is 2.86. The maximum absolute atomic E-state index is 11.0. The Kier molecular flexibility index (Phi) is 3.94. The molecule has 1 aromatic rings. The lowest BCUT2D eigenvalue weighted by Crippen LogP contribution is -2.16. The van der Waals surface area contributed by atoms with E-state index in [2.05, 4.69) is 17.4 Å². The first kappa shape index (κ1) is 12.3. The van der Waals surface area contributed by atoms with Gasteiger partial charge in [-0.05, 0) is 30.5 Å². The Labute approximate surface area is 106 Å². The molecule has 0 spiro atoms. The van der Waals surface area contributed by atoms with Crippen LogP contribution in [0.5, 0.6) is 0 Å². The minimum absolute atomic E-state index is 0.269. The van der Waals surface area contributed by atoms with Crippen molar-refractivity contribution < 1.29 is 9.90 Å². The molecule has 0 aliphatic carbocycles. The number of carboxylic acids is 1. The van der Waals surface area contributed by atoms with Gasteiger partial charge in [0.2, 0.25) is 0 Å². The summed E-state index contributed by atoms with van der Waals surface area (Å²) in [7, 11) is 0. The molecule has 3 nitrogen and oxygen atoms in total. The molecule has 1 unspecified atom stereocenters. The summed E-state index contributed by atoms with van der Waals surface area (Å²) < 4.78 is 0. The zero-order valence-electron chi connectivity index (χ0n) is 9.90. The first-order valence-corrected chi connectivity index (χ1v) is 6.91. The number of hydrogen-bond donors (Lipinski definition) is 2. The van der Waals surface area contributed by atoms with E-state index < -0.39 is 5.97 Å². The number of nitrogens with one attached hydrogen (secondary N) is 1. The molecule has 1 aromatic carbocycles. The summed E-state index contributed by atoms with van der Waals surface area (Å²) in [4.78, 5) is 12.3. The Morgan fingerprint density at radius 2 is 2.41 bits per heavy atom. The van der Waals surface area contributed by atoms with Crippen LogP contribution in [0.15, 0.2) is 23.1 Å². The molecule has 2 N–H and O–H groups in total. The van der Waals surface area contributed by atoms with Crippen LogP contribution >= 0.6 is 11.8 Å². The lowest BCUT2D eigenvalue weighted by atomic mass is 9.97. The van der Waals surface area contributed by atoms with Crippen LogP contribution in [-0.2, 0) is 11.2 Å². The Bertz CT molecular complexity index is 420. The van der Waals surface area contributed by atoms with Crippen molar-refractivity contribution in [2.24, 2.45) is 5.92 Å². The van der Waals surface area contributed by atoms with Gasteiger partial charge in [-0.1, -0.05) is 13.0 Å². The monoisotopic (exact) mass is 251 g/mol. The van der Waals surface area contributed by atoms with Crippen LogP contribution in [0.2, 0.25) is 0 Å². The molecule has 92 valence electrons. The fourth-order valence-electron chi connectivity index (χ4n) is 2.00. The van der Waals surface area contributed by atoms with Gasteiger partial charge >= 0.3 is 5.97 Å². The van der Waals surface area contributed by atoms with Crippen LogP contribution < -0.4 is 5.32 Å². The minimum Gasteiger partial charge on any atom is -0.481 e. The molecule has 17 heavy (non-hydrogen) atoms. The van der Waals surface area contributed by atoms with Gasteiger partial charge in [-0.25, -0.2) is 0 Å². The van der Waals surface area contributed by atoms with E-state index in [-0.39, 0.29) is 5.92 Å². The van der Waals surface area contributed by atoms with E-state index in [0.29, 0.717) is 12.8 Å². The molecule has 1 aliphatic rings. The standard InChI is InChI=1S/C13H17NO2S/c1-2-10(13(15)16)7-9-3-4-11-12(8-9)17-6-5-14-11/h3-4,8,10,14H,2,5-7H2,1H3,(H,15,16). The van der Waals surface area contributed by atoms with Crippen molar-refractivity contribution in [3.8, 4) is 0 Å². The van der Waals surface area contributed by atoms with Crippen LogP contribution in [0.3, 0.4) is 0 Å². The first-order chi connectivity index (χ1) is 8.20. The molecule has 0 radical (unpaired) electrons.